The number of hydrogen-bond donors (Lipinski definition) is 2. The van der Waals surface area contributed by atoms with Crippen molar-refractivity contribution in [3.05, 3.63) is 35.8 Å². The van der Waals surface area contributed by atoms with Crippen LogP contribution < -0.4 is 10.6 Å². The van der Waals surface area contributed by atoms with E-state index in [1.165, 1.54) is 6.08 Å². The van der Waals surface area contributed by atoms with Crippen LogP contribution in [0.4, 0.5) is 4.79 Å². The molecule has 5 nitrogen and oxygen atoms in total. The number of pyridine rings is 1. The van der Waals surface area contributed by atoms with E-state index in [1.54, 1.807) is 24.4 Å². The van der Waals surface area contributed by atoms with Crippen LogP contribution in [0, 0.1) is 0 Å². The zero-order valence-electron chi connectivity index (χ0n) is 7.15. The van der Waals surface area contributed by atoms with Gasteiger partial charge < -0.3 is 5.32 Å². The average Bonchev–Trinajstić information content (AvgIpc) is 2.47. The fraction of sp³-hybridized carbons (Fsp3) is 0. The second kappa shape index (κ2) is 3.29. The Morgan fingerprint density at radius 1 is 1.21 bits per heavy atom. The first-order valence-electron chi connectivity index (χ1n) is 4.01. The number of nitrogens with zero attached hydrogens (tertiary/aromatic N) is 1. The van der Waals surface area contributed by atoms with Crippen molar-refractivity contribution in [3.8, 4) is 0 Å². The number of amides is 3. The molecule has 0 aliphatic carbocycles. The molecule has 0 radical (unpaired) electrons. The number of urea groups is 1. The molecular weight excluding hydrogens is 182 g/mol. The van der Waals surface area contributed by atoms with Crippen LogP contribution in [0.2, 0.25) is 0 Å². The standard InChI is InChI=1S/C9H7N3O2/c13-8-7(11-9(14)12-8)5-6-3-1-2-4-10-6/h1-5H,(H2,11,12,13,14)/b7-5-. The Hall–Kier alpha value is -2.17. The molecule has 0 atom stereocenters. The number of imide groups is 1. The van der Waals surface area contributed by atoms with Crippen molar-refractivity contribution in [1.29, 1.82) is 0 Å². The number of nitrogens with one attached hydrogen (secondary N) is 2. The Bertz CT molecular complexity index is 411. The molecule has 5 heteroatoms. The smallest absolute Gasteiger partial charge is 0.303 e. The van der Waals surface area contributed by atoms with E-state index < -0.39 is 11.9 Å². The first kappa shape index (κ1) is 8.43. The van der Waals surface area contributed by atoms with Gasteiger partial charge in [-0.15, -0.1) is 0 Å². The second-order valence-electron chi connectivity index (χ2n) is 2.72. The zero-order valence-corrected chi connectivity index (χ0v) is 7.15. The first-order chi connectivity index (χ1) is 6.75. The Balaban J connectivity index is 2.28. The maximum absolute atomic E-state index is 11.1. The lowest BCUT2D eigenvalue weighted by atomic mass is 10.3. The quantitative estimate of drug-likeness (QED) is 0.491. The van der Waals surface area contributed by atoms with E-state index in [9.17, 15) is 9.59 Å². The van der Waals surface area contributed by atoms with Gasteiger partial charge in [0.05, 0.1) is 5.69 Å². The van der Waals surface area contributed by atoms with Crippen LogP contribution in [0.3, 0.4) is 0 Å². The molecule has 0 spiro atoms. The van der Waals surface area contributed by atoms with Crippen molar-refractivity contribution < 1.29 is 9.59 Å². The van der Waals surface area contributed by atoms with Gasteiger partial charge in [0, 0.05) is 6.20 Å². The first-order valence-corrected chi connectivity index (χ1v) is 4.01. The largest absolute Gasteiger partial charge is 0.326 e. The van der Waals surface area contributed by atoms with Crippen LogP contribution in [0.25, 0.3) is 6.08 Å². The molecule has 1 aliphatic rings. The molecule has 0 unspecified atom stereocenters. The molecule has 2 N–H and O–H groups in total. The summed E-state index contributed by atoms with van der Waals surface area (Å²) in [7, 11) is 0. The van der Waals surface area contributed by atoms with E-state index in [4.69, 9.17) is 0 Å². The molecule has 1 saturated heterocycles. The van der Waals surface area contributed by atoms with Crippen LogP contribution in [0.5, 0.6) is 0 Å². The summed E-state index contributed by atoms with van der Waals surface area (Å²) in [4.78, 5) is 25.8. The molecule has 0 aromatic carbocycles. The van der Waals surface area contributed by atoms with Gasteiger partial charge in [-0.2, -0.15) is 0 Å². The van der Waals surface area contributed by atoms with Crippen LogP contribution in [0.1, 0.15) is 5.69 Å². The van der Waals surface area contributed by atoms with Gasteiger partial charge in [0.15, 0.2) is 0 Å². The summed E-state index contributed by atoms with van der Waals surface area (Å²) in [5.74, 6) is -0.430. The molecule has 1 aliphatic heterocycles. The maximum Gasteiger partial charge on any atom is 0.326 e. The lowest BCUT2D eigenvalue weighted by Crippen LogP contribution is -2.22. The van der Waals surface area contributed by atoms with E-state index in [0.29, 0.717) is 5.69 Å². The Morgan fingerprint density at radius 3 is 2.64 bits per heavy atom. The van der Waals surface area contributed by atoms with Crippen LogP contribution in [-0.2, 0) is 4.79 Å². The fourth-order valence-electron chi connectivity index (χ4n) is 1.09. The number of rotatable bonds is 1. The van der Waals surface area contributed by atoms with Crippen LogP contribution >= 0.6 is 0 Å². The fourth-order valence-corrected chi connectivity index (χ4v) is 1.09. The molecule has 70 valence electrons. The number of aromatic nitrogens is 1. The molecule has 2 rings (SSSR count). The van der Waals surface area contributed by atoms with Gasteiger partial charge in [-0.3, -0.25) is 15.1 Å². The minimum atomic E-state index is -0.503. The monoisotopic (exact) mass is 189 g/mol. The number of carbonyl (C=O) groups excluding carboxylic acids is 2. The van der Waals surface area contributed by atoms with Gasteiger partial charge in [-0.1, -0.05) is 6.07 Å². The lowest BCUT2D eigenvalue weighted by molar-refractivity contribution is -0.115. The molecule has 1 fully saturated rings. The molecule has 2 heterocycles. The second-order valence-corrected chi connectivity index (χ2v) is 2.72. The molecule has 3 amide bonds. The summed E-state index contributed by atoms with van der Waals surface area (Å²) in [6.45, 7) is 0. The minimum Gasteiger partial charge on any atom is -0.303 e. The summed E-state index contributed by atoms with van der Waals surface area (Å²) in [5, 5.41) is 4.48. The maximum atomic E-state index is 11.1. The van der Waals surface area contributed by atoms with E-state index in [-0.39, 0.29) is 5.70 Å². The van der Waals surface area contributed by atoms with E-state index in [0.717, 1.165) is 0 Å². The number of carbonyl (C=O) groups is 2. The summed E-state index contributed by atoms with van der Waals surface area (Å²) >= 11 is 0. The van der Waals surface area contributed by atoms with Crippen molar-refractivity contribution in [2.45, 2.75) is 0 Å². The van der Waals surface area contributed by atoms with Crippen LogP contribution in [0.15, 0.2) is 30.1 Å². The van der Waals surface area contributed by atoms with Crippen molar-refractivity contribution >= 4 is 18.0 Å². The van der Waals surface area contributed by atoms with E-state index >= 15 is 0 Å². The van der Waals surface area contributed by atoms with E-state index in [2.05, 4.69) is 15.6 Å². The predicted molar refractivity (Wildman–Crippen MR) is 48.9 cm³/mol. The third-order valence-electron chi connectivity index (χ3n) is 1.70. The molecule has 1 aromatic rings. The highest BCUT2D eigenvalue weighted by Crippen LogP contribution is 2.04. The highest BCUT2D eigenvalue weighted by atomic mass is 16.2. The zero-order chi connectivity index (χ0) is 9.97. The summed E-state index contributed by atoms with van der Waals surface area (Å²) < 4.78 is 0. The Labute approximate surface area is 79.8 Å². The van der Waals surface area contributed by atoms with Crippen molar-refractivity contribution in [2.24, 2.45) is 0 Å². The topological polar surface area (TPSA) is 71.1 Å². The highest BCUT2D eigenvalue weighted by Gasteiger charge is 2.22. The number of hydrogen-bond acceptors (Lipinski definition) is 3. The third-order valence-corrected chi connectivity index (χ3v) is 1.70. The molecule has 0 bridgehead atoms. The summed E-state index contributed by atoms with van der Waals surface area (Å²) in [6.07, 6.45) is 3.13. The van der Waals surface area contributed by atoms with Crippen molar-refractivity contribution in [3.63, 3.8) is 0 Å². The third kappa shape index (κ3) is 1.61. The van der Waals surface area contributed by atoms with Gasteiger partial charge in [0.1, 0.15) is 5.70 Å². The Kier molecular flexibility index (Phi) is 1.98. The molecule has 1 aromatic heterocycles. The van der Waals surface area contributed by atoms with Gasteiger partial charge in [-0.25, -0.2) is 4.79 Å². The van der Waals surface area contributed by atoms with Gasteiger partial charge in [0.25, 0.3) is 5.91 Å². The van der Waals surface area contributed by atoms with Gasteiger partial charge in [0.2, 0.25) is 0 Å². The predicted octanol–water partition coefficient (Wildman–Crippen LogP) is 0.262. The summed E-state index contributed by atoms with van der Waals surface area (Å²) in [6, 6.07) is 4.81. The van der Waals surface area contributed by atoms with E-state index in [1.807, 2.05) is 0 Å². The summed E-state index contributed by atoms with van der Waals surface area (Å²) in [5.41, 5.74) is 0.841. The van der Waals surface area contributed by atoms with Crippen LogP contribution in [-0.4, -0.2) is 16.9 Å². The SMILES string of the molecule is O=C1NC(=O)/C(=C/c2ccccn2)N1. The average molecular weight is 189 g/mol. The molecular formula is C9H7N3O2. The van der Waals surface area contributed by atoms with Gasteiger partial charge in [-0.05, 0) is 18.2 Å². The lowest BCUT2D eigenvalue weighted by Gasteiger charge is -1.93. The normalized spacial score (nSPS) is 18.1. The Morgan fingerprint density at radius 2 is 2.07 bits per heavy atom. The molecule has 14 heavy (non-hydrogen) atoms. The van der Waals surface area contributed by atoms with Crippen molar-refractivity contribution in [1.82, 2.24) is 15.6 Å². The van der Waals surface area contributed by atoms with Crippen molar-refractivity contribution in [2.75, 3.05) is 0 Å². The molecule has 0 saturated carbocycles. The minimum absolute atomic E-state index is 0.216. The van der Waals surface area contributed by atoms with Gasteiger partial charge >= 0.3 is 6.03 Å². The highest BCUT2D eigenvalue weighted by molar-refractivity contribution is 6.13.